The van der Waals surface area contributed by atoms with Crippen LogP contribution in [0.25, 0.3) is 10.9 Å². The van der Waals surface area contributed by atoms with Crippen LogP contribution in [0, 0.1) is 0 Å². The third-order valence-corrected chi connectivity index (χ3v) is 3.80. The first-order valence-corrected chi connectivity index (χ1v) is 6.19. The molecule has 17 heavy (non-hydrogen) atoms. The minimum atomic E-state index is -1.23. The number of benzene rings is 1. The fourth-order valence-corrected chi connectivity index (χ4v) is 2.86. The van der Waals surface area contributed by atoms with Crippen LogP contribution in [0.5, 0.6) is 0 Å². The molecule has 2 aromatic rings. The monoisotopic (exact) mass is 232 g/mol. The van der Waals surface area contributed by atoms with Gasteiger partial charge in [0.2, 0.25) is 0 Å². The molecule has 2 nitrogen and oxygen atoms in total. The first-order valence-electron chi connectivity index (χ1n) is 6.19. The van der Waals surface area contributed by atoms with Gasteiger partial charge in [0.25, 0.3) is 0 Å². The third-order valence-electron chi connectivity index (χ3n) is 3.80. The van der Waals surface area contributed by atoms with Crippen LogP contribution in [0.3, 0.4) is 0 Å². The number of alkyl halides is 1. The molecule has 90 valence electrons. The predicted molar refractivity (Wildman–Crippen MR) is 67.5 cm³/mol. The van der Waals surface area contributed by atoms with E-state index >= 15 is 0 Å². The summed E-state index contributed by atoms with van der Waals surface area (Å²) >= 11 is 0. The summed E-state index contributed by atoms with van der Waals surface area (Å²) in [4.78, 5) is 3.12. The Hall–Kier alpha value is -1.35. The van der Waals surface area contributed by atoms with E-state index in [1.165, 1.54) is 0 Å². The first kappa shape index (κ1) is 10.8. The fourth-order valence-electron chi connectivity index (χ4n) is 2.86. The molecular weight excluding hydrogens is 215 g/mol. The lowest BCUT2D eigenvalue weighted by molar-refractivity contribution is 0.0949. The molecule has 1 aromatic heterocycles. The van der Waals surface area contributed by atoms with E-state index in [1.807, 2.05) is 30.5 Å². The van der Waals surface area contributed by atoms with E-state index < -0.39 is 5.67 Å². The molecule has 1 aliphatic carbocycles. The van der Waals surface area contributed by atoms with Crippen LogP contribution in [-0.2, 0) is 5.67 Å². The number of aromatic amines is 1. The van der Waals surface area contributed by atoms with Gasteiger partial charge in [0.1, 0.15) is 5.67 Å². The number of H-pyrrole nitrogens is 1. The highest BCUT2D eigenvalue weighted by Crippen LogP contribution is 2.41. The normalized spacial score (nSPS) is 29.6. The van der Waals surface area contributed by atoms with Crippen molar-refractivity contribution in [2.45, 2.75) is 37.4 Å². The van der Waals surface area contributed by atoms with E-state index in [4.69, 9.17) is 5.73 Å². The summed E-state index contributed by atoms with van der Waals surface area (Å²) in [7, 11) is 0. The van der Waals surface area contributed by atoms with E-state index in [-0.39, 0.29) is 6.04 Å². The molecule has 0 saturated heterocycles. The number of aromatic nitrogens is 1. The van der Waals surface area contributed by atoms with Crippen LogP contribution >= 0.6 is 0 Å². The average Bonchev–Trinajstić information content (AvgIpc) is 2.75. The highest BCUT2D eigenvalue weighted by Gasteiger charge is 2.36. The third kappa shape index (κ3) is 1.84. The number of hydrogen-bond donors (Lipinski definition) is 2. The van der Waals surface area contributed by atoms with Crippen molar-refractivity contribution in [3.63, 3.8) is 0 Å². The maximum absolute atomic E-state index is 14.9. The van der Waals surface area contributed by atoms with Crippen molar-refractivity contribution in [2.24, 2.45) is 5.73 Å². The van der Waals surface area contributed by atoms with Crippen LogP contribution in [-0.4, -0.2) is 11.0 Å². The molecule has 1 aliphatic rings. The standard InChI is InChI=1S/C14H17FN2/c15-14(6-1-2-12(16)9-14)11-3-4-13-10(8-11)5-7-17-13/h3-5,7-8,12,17H,1-2,6,9,16H2. The van der Waals surface area contributed by atoms with Crippen molar-refractivity contribution in [1.29, 1.82) is 0 Å². The van der Waals surface area contributed by atoms with Crippen LogP contribution in [0.1, 0.15) is 31.2 Å². The number of halogens is 1. The second-order valence-corrected chi connectivity index (χ2v) is 5.10. The van der Waals surface area contributed by atoms with Gasteiger partial charge in [-0.1, -0.05) is 6.07 Å². The largest absolute Gasteiger partial charge is 0.361 e. The summed E-state index contributed by atoms with van der Waals surface area (Å²) in [6.45, 7) is 0. The van der Waals surface area contributed by atoms with Gasteiger partial charge in [0.15, 0.2) is 0 Å². The van der Waals surface area contributed by atoms with E-state index in [1.54, 1.807) is 0 Å². The Balaban J connectivity index is 2.01. The van der Waals surface area contributed by atoms with Crippen LogP contribution in [0.2, 0.25) is 0 Å². The minimum absolute atomic E-state index is 0.00401. The Morgan fingerprint density at radius 2 is 2.24 bits per heavy atom. The zero-order valence-electron chi connectivity index (χ0n) is 9.75. The molecule has 3 N–H and O–H groups in total. The molecule has 1 saturated carbocycles. The lowest BCUT2D eigenvalue weighted by Gasteiger charge is -2.33. The van der Waals surface area contributed by atoms with Crippen molar-refractivity contribution in [1.82, 2.24) is 4.98 Å². The quantitative estimate of drug-likeness (QED) is 0.778. The molecule has 1 heterocycles. The summed E-state index contributed by atoms with van der Waals surface area (Å²) in [5.41, 5.74) is 6.49. The molecule has 3 rings (SSSR count). The number of rotatable bonds is 1. The first-order chi connectivity index (χ1) is 8.17. The molecule has 2 unspecified atom stereocenters. The van der Waals surface area contributed by atoms with E-state index in [0.29, 0.717) is 12.8 Å². The van der Waals surface area contributed by atoms with Gasteiger partial charge in [-0.3, -0.25) is 0 Å². The zero-order chi connectivity index (χ0) is 11.9. The molecule has 0 amide bonds. The number of nitrogens with one attached hydrogen (secondary N) is 1. The van der Waals surface area contributed by atoms with Crippen molar-refractivity contribution >= 4 is 10.9 Å². The fraction of sp³-hybridized carbons (Fsp3) is 0.429. The second-order valence-electron chi connectivity index (χ2n) is 5.10. The Kier molecular flexibility index (Phi) is 2.44. The van der Waals surface area contributed by atoms with E-state index in [9.17, 15) is 4.39 Å². The van der Waals surface area contributed by atoms with Gasteiger partial charge in [-0.15, -0.1) is 0 Å². The topological polar surface area (TPSA) is 41.8 Å². The minimum Gasteiger partial charge on any atom is -0.361 e. The Labute approximate surface area is 100 Å². The molecule has 1 fully saturated rings. The second kappa shape index (κ2) is 3.84. The molecule has 1 aromatic carbocycles. The Morgan fingerprint density at radius 1 is 1.35 bits per heavy atom. The zero-order valence-corrected chi connectivity index (χ0v) is 9.75. The van der Waals surface area contributed by atoms with Gasteiger partial charge < -0.3 is 10.7 Å². The van der Waals surface area contributed by atoms with Crippen molar-refractivity contribution < 1.29 is 4.39 Å². The molecule has 0 radical (unpaired) electrons. The van der Waals surface area contributed by atoms with Gasteiger partial charge in [-0.25, -0.2) is 4.39 Å². The summed E-state index contributed by atoms with van der Waals surface area (Å²) in [6, 6.07) is 7.76. The molecule has 0 aliphatic heterocycles. The number of nitrogens with two attached hydrogens (primary N) is 1. The molecule has 0 spiro atoms. The average molecular weight is 232 g/mol. The Bertz CT molecular complexity index is 534. The SMILES string of the molecule is NC1CCCC(F)(c2ccc3[nH]ccc3c2)C1. The van der Waals surface area contributed by atoms with Crippen molar-refractivity contribution in [2.75, 3.05) is 0 Å². The molecule has 3 heteroatoms. The maximum atomic E-state index is 14.9. The molecule has 0 bridgehead atoms. The lowest BCUT2D eigenvalue weighted by atomic mass is 9.79. The molecule has 2 atom stereocenters. The summed E-state index contributed by atoms with van der Waals surface area (Å²) in [5, 5.41) is 1.07. The summed E-state index contributed by atoms with van der Waals surface area (Å²) in [5.74, 6) is 0. The highest BCUT2D eigenvalue weighted by molar-refractivity contribution is 5.80. The van der Waals surface area contributed by atoms with Gasteiger partial charge in [-0.05, 0) is 48.4 Å². The van der Waals surface area contributed by atoms with Crippen LogP contribution < -0.4 is 5.73 Å². The van der Waals surface area contributed by atoms with Gasteiger partial charge in [0, 0.05) is 24.2 Å². The summed E-state index contributed by atoms with van der Waals surface area (Å²) in [6.07, 6.45) is 4.74. The van der Waals surface area contributed by atoms with E-state index in [0.717, 1.165) is 29.3 Å². The smallest absolute Gasteiger partial charge is 0.137 e. The Morgan fingerprint density at radius 3 is 3.06 bits per heavy atom. The number of hydrogen-bond acceptors (Lipinski definition) is 1. The predicted octanol–water partition coefficient (Wildman–Crippen LogP) is 3.23. The van der Waals surface area contributed by atoms with E-state index in [2.05, 4.69) is 4.98 Å². The maximum Gasteiger partial charge on any atom is 0.137 e. The van der Waals surface area contributed by atoms with Crippen molar-refractivity contribution in [3.8, 4) is 0 Å². The highest BCUT2D eigenvalue weighted by atomic mass is 19.1. The van der Waals surface area contributed by atoms with Gasteiger partial charge in [0.05, 0.1) is 0 Å². The summed E-state index contributed by atoms with van der Waals surface area (Å²) < 4.78 is 14.9. The van der Waals surface area contributed by atoms with Gasteiger partial charge >= 0.3 is 0 Å². The van der Waals surface area contributed by atoms with Crippen LogP contribution in [0.4, 0.5) is 4.39 Å². The van der Waals surface area contributed by atoms with Crippen LogP contribution in [0.15, 0.2) is 30.5 Å². The van der Waals surface area contributed by atoms with Crippen molar-refractivity contribution in [3.05, 3.63) is 36.0 Å². The number of fused-ring (bicyclic) bond motifs is 1. The van der Waals surface area contributed by atoms with Gasteiger partial charge in [-0.2, -0.15) is 0 Å². The molecular formula is C14H17FN2. The lowest BCUT2D eigenvalue weighted by Crippen LogP contribution is -2.36.